The van der Waals surface area contributed by atoms with Gasteiger partial charge in [-0.2, -0.15) is 0 Å². The fourth-order valence-electron chi connectivity index (χ4n) is 2.11. The van der Waals surface area contributed by atoms with Crippen molar-refractivity contribution in [1.82, 2.24) is 5.32 Å². The van der Waals surface area contributed by atoms with Crippen molar-refractivity contribution in [3.05, 3.63) is 24.3 Å². The molecule has 0 unspecified atom stereocenters. The van der Waals surface area contributed by atoms with Crippen molar-refractivity contribution >= 4 is 17.5 Å². The minimum absolute atomic E-state index is 0.0939. The SMILES string of the molecule is CC(=O)Nc1ccccc1OCC(=O)NC[C@@H]1CCCO1. The summed E-state index contributed by atoms with van der Waals surface area (Å²) in [6.07, 6.45) is 2.13. The molecule has 2 amide bonds. The van der Waals surface area contributed by atoms with E-state index in [-0.39, 0.29) is 24.5 Å². The lowest BCUT2D eigenvalue weighted by Crippen LogP contribution is -2.35. The van der Waals surface area contributed by atoms with Crippen LogP contribution in [0.2, 0.25) is 0 Å². The van der Waals surface area contributed by atoms with Crippen LogP contribution in [0.4, 0.5) is 5.69 Å². The number of carbonyl (C=O) groups excluding carboxylic acids is 2. The Morgan fingerprint density at radius 3 is 2.90 bits per heavy atom. The molecule has 1 aromatic rings. The molecule has 114 valence electrons. The minimum Gasteiger partial charge on any atom is -0.482 e. The van der Waals surface area contributed by atoms with Gasteiger partial charge in [-0.1, -0.05) is 12.1 Å². The van der Waals surface area contributed by atoms with Crippen LogP contribution in [0.1, 0.15) is 19.8 Å². The van der Waals surface area contributed by atoms with E-state index in [1.165, 1.54) is 6.92 Å². The summed E-state index contributed by atoms with van der Waals surface area (Å²) in [5.74, 6) is 0.0805. The van der Waals surface area contributed by atoms with Crippen LogP contribution >= 0.6 is 0 Å². The summed E-state index contributed by atoms with van der Waals surface area (Å²) >= 11 is 0. The van der Waals surface area contributed by atoms with Gasteiger partial charge in [-0.15, -0.1) is 0 Å². The highest BCUT2D eigenvalue weighted by atomic mass is 16.5. The summed E-state index contributed by atoms with van der Waals surface area (Å²) in [5, 5.41) is 5.44. The maximum Gasteiger partial charge on any atom is 0.258 e. The topological polar surface area (TPSA) is 76.7 Å². The summed E-state index contributed by atoms with van der Waals surface area (Å²) in [7, 11) is 0. The molecule has 0 aromatic heterocycles. The van der Waals surface area contributed by atoms with Gasteiger partial charge in [-0.3, -0.25) is 9.59 Å². The van der Waals surface area contributed by atoms with Crippen molar-refractivity contribution in [2.45, 2.75) is 25.9 Å². The van der Waals surface area contributed by atoms with E-state index in [1.807, 2.05) is 0 Å². The van der Waals surface area contributed by atoms with E-state index < -0.39 is 0 Å². The molecule has 1 aliphatic heterocycles. The first-order valence-corrected chi connectivity index (χ1v) is 7.03. The Morgan fingerprint density at radius 2 is 2.19 bits per heavy atom. The average Bonchev–Trinajstić information content (AvgIpc) is 2.97. The first kappa shape index (κ1) is 15.3. The lowest BCUT2D eigenvalue weighted by Gasteiger charge is -2.13. The van der Waals surface area contributed by atoms with Crippen molar-refractivity contribution in [2.75, 3.05) is 25.1 Å². The molecular weight excluding hydrogens is 272 g/mol. The number of hydrogen-bond donors (Lipinski definition) is 2. The van der Waals surface area contributed by atoms with Crippen LogP contribution in [-0.4, -0.2) is 37.7 Å². The number of nitrogens with one attached hydrogen (secondary N) is 2. The molecule has 1 heterocycles. The first-order chi connectivity index (χ1) is 10.1. The van der Waals surface area contributed by atoms with Gasteiger partial charge in [0.05, 0.1) is 11.8 Å². The van der Waals surface area contributed by atoms with Gasteiger partial charge in [0.15, 0.2) is 6.61 Å². The molecule has 1 saturated heterocycles. The zero-order valence-corrected chi connectivity index (χ0v) is 12.1. The summed E-state index contributed by atoms with van der Waals surface area (Å²) in [6.45, 7) is 2.60. The summed E-state index contributed by atoms with van der Waals surface area (Å²) in [5.41, 5.74) is 0.553. The molecule has 6 heteroatoms. The predicted octanol–water partition coefficient (Wildman–Crippen LogP) is 1.32. The normalized spacial score (nSPS) is 17.3. The smallest absolute Gasteiger partial charge is 0.258 e. The average molecular weight is 292 g/mol. The van der Waals surface area contributed by atoms with Gasteiger partial charge in [0, 0.05) is 20.1 Å². The second kappa shape index (κ2) is 7.64. The molecule has 0 spiro atoms. The first-order valence-electron chi connectivity index (χ1n) is 7.03. The lowest BCUT2D eigenvalue weighted by atomic mass is 10.2. The number of benzene rings is 1. The van der Waals surface area contributed by atoms with Crippen molar-refractivity contribution in [3.8, 4) is 5.75 Å². The predicted molar refractivity (Wildman–Crippen MR) is 78.2 cm³/mol. The zero-order chi connectivity index (χ0) is 15.1. The monoisotopic (exact) mass is 292 g/mol. The Balaban J connectivity index is 1.79. The van der Waals surface area contributed by atoms with Crippen LogP contribution in [0, 0.1) is 0 Å². The highest BCUT2D eigenvalue weighted by Crippen LogP contribution is 2.23. The maximum absolute atomic E-state index is 11.7. The lowest BCUT2D eigenvalue weighted by molar-refractivity contribution is -0.123. The molecule has 2 rings (SSSR count). The molecular formula is C15H20N2O4. The number of carbonyl (C=O) groups is 2. The standard InChI is InChI=1S/C15H20N2O4/c1-11(18)17-13-6-2-3-7-14(13)21-10-15(19)16-9-12-5-4-8-20-12/h2-3,6-7,12H,4-5,8-10H2,1H3,(H,16,19)(H,17,18)/t12-/m0/s1. The van der Waals surface area contributed by atoms with Gasteiger partial charge in [-0.25, -0.2) is 0 Å². The second-order valence-corrected chi connectivity index (χ2v) is 4.91. The van der Waals surface area contributed by atoms with Gasteiger partial charge in [0.25, 0.3) is 5.91 Å². The molecule has 1 aromatic carbocycles. The largest absolute Gasteiger partial charge is 0.482 e. The third kappa shape index (κ3) is 5.07. The number of anilines is 1. The Kier molecular flexibility index (Phi) is 5.57. The molecule has 1 fully saturated rings. The molecule has 0 radical (unpaired) electrons. The van der Waals surface area contributed by atoms with E-state index in [0.29, 0.717) is 18.0 Å². The fraction of sp³-hybridized carbons (Fsp3) is 0.467. The Labute approximate surface area is 123 Å². The van der Waals surface area contributed by atoms with E-state index in [2.05, 4.69) is 10.6 Å². The van der Waals surface area contributed by atoms with Crippen LogP contribution in [0.25, 0.3) is 0 Å². The number of para-hydroxylation sites is 2. The van der Waals surface area contributed by atoms with Gasteiger partial charge >= 0.3 is 0 Å². The number of ether oxygens (including phenoxy) is 2. The van der Waals surface area contributed by atoms with Crippen LogP contribution in [0.15, 0.2) is 24.3 Å². The van der Waals surface area contributed by atoms with Crippen LogP contribution in [-0.2, 0) is 14.3 Å². The zero-order valence-electron chi connectivity index (χ0n) is 12.1. The van der Waals surface area contributed by atoms with Crippen LogP contribution in [0.3, 0.4) is 0 Å². The Bertz CT molecular complexity index is 498. The molecule has 6 nitrogen and oxygen atoms in total. The van der Waals surface area contributed by atoms with E-state index in [4.69, 9.17) is 9.47 Å². The molecule has 21 heavy (non-hydrogen) atoms. The van der Waals surface area contributed by atoms with Crippen LogP contribution in [0.5, 0.6) is 5.75 Å². The second-order valence-electron chi connectivity index (χ2n) is 4.91. The Hall–Kier alpha value is -2.08. The van der Waals surface area contributed by atoms with Crippen molar-refractivity contribution in [2.24, 2.45) is 0 Å². The Morgan fingerprint density at radius 1 is 1.38 bits per heavy atom. The summed E-state index contributed by atoms with van der Waals surface area (Å²) in [6, 6.07) is 7.00. The van der Waals surface area contributed by atoms with E-state index in [9.17, 15) is 9.59 Å². The molecule has 2 N–H and O–H groups in total. The number of amides is 2. The fourth-order valence-corrected chi connectivity index (χ4v) is 2.11. The quantitative estimate of drug-likeness (QED) is 0.829. The molecule has 0 saturated carbocycles. The summed E-state index contributed by atoms with van der Waals surface area (Å²) in [4.78, 5) is 22.8. The van der Waals surface area contributed by atoms with E-state index >= 15 is 0 Å². The van der Waals surface area contributed by atoms with Crippen LogP contribution < -0.4 is 15.4 Å². The molecule has 0 bridgehead atoms. The summed E-state index contributed by atoms with van der Waals surface area (Å²) < 4.78 is 10.9. The third-order valence-electron chi connectivity index (χ3n) is 3.11. The highest BCUT2D eigenvalue weighted by Gasteiger charge is 2.16. The molecule has 0 aliphatic carbocycles. The van der Waals surface area contributed by atoms with Gasteiger partial charge in [0.2, 0.25) is 5.91 Å². The minimum atomic E-state index is -0.205. The molecule has 1 atom stereocenters. The van der Waals surface area contributed by atoms with E-state index in [1.54, 1.807) is 24.3 Å². The molecule has 1 aliphatic rings. The number of rotatable bonds is 6. The maximum atomic E-state index is 11.7. The van der Waals surface area contributed by atoms with Crippen molar-refractivity contribution in [3.63, 3.8) is 0 Å². The van der Waals surface area contributed by atoms with Gasteiger partial charge in [-0.05, 0) is 25.0 Å². The highest BCUT2D eigenvalue weighted by molar-refractivity contribution is 5.90. The van der Waals surface area contributed by atoms with Gasteiger partial charge < -0.3 is 20.1 Å². The third-order valence-corrected chi connectivity index (χ3v) is 3.11. The van der Waals surface area contributed by atoms with Crippen molar-refractivity contribution < 1.29 is 19.1 Å². The van der Waals surface area contributed by atoms with E-state index in [0.717, 1.165) is 19.4 Å². The van der Waals surface area contributed by atoms with Crippen molar-refractivity contribution in [1.29, 1.82) is 0 Å². The number of hydrogen-bond acceptors (Lipinski definition) is 4. The van der Waals surface area contributed by atoms with Gasteiger partial charge in [0.1, 0.15) is 5.75 Å².